The summed E-state index contributed by atoms with van der Waals surface area (Å²) in [5.41, 5.74) is 2.73. The average Bonchev–Trinajstić information content (AvgIpc) is 3.03. The number of nitrogens with one attached hydrogen (secondary N) is 2. The molecule has 27 heavy (non-hydrogen) atoms. The van der Waals surface area contributed by atoms with E-state index >= 15 is 0 Å². The van der Waals surface area contributed by atoms with Crippen LogP contribution in [0.5, 0.6) is 0 Å². The molecule has 1 heterocycles. The molecule has 0 unspecified atom stereocenters. The molecule has 7 nitrogen and oxygen atoms in total. The Morgan fingerprint density at radius 2 is 1.93 bits per heavy atom. The highest BCUT2D eigenvalue weighted by molar-refractivity contribution is 9.10. The molecule has 1 aromatic rings. The lowest BCUT2D eigenvalue weighted by molar-refractivity contribution is -0.139. The van der Waals surface area contributed by atoms with Crippen molar-refractivity contribution < 1.29 is 14.4 Å². The number of carbonyl (C=O) groups is 3. The largest absolute Gasteiger partial charge is 0.352 e. The lowest BCUT2D eigenvalue weighted by atomic mass is 9.99. The van der Waals surface area contributed by atoms with Crippen molar-refractivity contribution in [3.8, 4) is 0 Å². The number of nitrogens with zero attached hydrogens (tertiary/aromatic N) is 2. The second kappa shape index (κ2) is 9.89. The summed E-state index contributed by atoms with van der Waals surface area (Å²) in [5, 5.41) is 7.34. The summed E-state index contributed by atoms with van der Waals surface area (Å²) in [6.07, 6.45) is 0.361. The van der Waals surface area contributed by atoms with Gasteiger partial charge < -0.3 is 10.2 Å². The highest BCUT2D eigenvalue weighted by Gasteiger charge is 2.28. The fourth-order valence-corrected chi connectivity index (χ4v) is 3.69. The van der Waals surface area contributed by atoms with E-state index in [0.717, 1.165) is 16.8 Å². The van der Waals surface area contributed by atoms with Crippen LogP contribution in [0.3, 0.4) is 0 Å². The molecule has 0 aromatic heterocycles. The van der Waals surface area contributed by atoms with Crippen molar-refractivity contribution in [3.63, 3.8) is 0 Å². The summed E-state index contributed by atoms with van der Waals surface area (Å²) in [6, 6.07) is 5.88. The van der Waals surface area contributed by atoms with E-state index in [1.54, 1.807) is 24.3 Å². The zero-order chi connectivity index (χ0) is 20.0. The summed E-state index contributed by atoms with van der Waals surface area (Å²) >= 11 is 4.82. The van der Waals surface area contributed by atoms with Crippen LogP contribution in [0.25, 0.3) is 0 Å². The van der Waals surface area contributed by atoms with E-state index < -0.39 is 23.6 Å². The van der Waals surface area contributed by atoms with E-state index in [2.05, 4.69) is 31.8 Å². The third-order valence-electron chi connectivity index (χ3n) is 3.90. The number of carbonyl (C=O) groups excluding carboxylic acids is 3. The molecule has 1 aromatic carbocycles. The maximum atomic E-state index is 12.6. The van der Waals surface area contributed by atoms with Gasteiger partial charge in [0.05, 0.1) is 6.04 Å². The normalized spacial score (nSPS) is 16.5. The summed E-state index contributed by atoms with van der Waals surface area (Å²) in [4.78, 5) is 39.1. The minimum Gasteiger partial charge on any atom is -0.352 e. The zero-order valence-corrected chi connectivity index (χ0v) is 17.9. The standard InChI is InChI=1S/C18H23BrN4O3S/c1-11(2)10-14(20-16(25)12-4-6-13(19)7-5-12)15(24)17(26)21-22-18-23(3)8-9-27-18/h4-7,11,14H,8-10H2,1-3H3,(H,20,25)(H,21,26)/b22-18-/t14-/m0/s1. The van der Waals surface area contributed by atoms with E-state index in [1.807, 2.05) is 25.8 Å². The van der Waals surface area contributed by atoms with Gasteiger partial charge in [0, 0.05) is 29.4 Å². The summed E-state index contributed by atoms with van der Waals surface area (Å²) in [6.45, 7) is 4.69. The van der Waals surface area contributed by atoms with Gasteiger partial charge in [0.2, 0.25) is 5.78 Å². The zero-order valence-electron chi connectivity index (χ0n) is 15.5. The van der Waals surface area contributed by atoms with Gasteiger partial charge in [-0.2, -0.15) is 0 Å². The van der Waals surface area contributed by atoms with Crippen molar-refractivity contribution in [3.05, 3.63) is 34.3 Å². The maximum Gasteiger partial charge on any atom is 0.309 e. The van der Waals surface area contributed by atoms with Gasteiger partial charge in [-0.1, -0.05) is 41.5 Å². The highest BCUT2D eigenvalue weighted by atomic mass is 79.9. The van der Waals surface area contributed by atoms with E-state index in [0.29, 0.717) is 17.2 Å². The lowest BCUT2D eigenvalue weighted by Crippen LogP contribution is -2.47. The van der Waals surface area contributed by atoms with Crippen LogP contribution < -0.4 is 10.7 Å². The van der Waals surface area contributed by atoms with Crippen molar-refractivity contribution >= 4 is 50.5 Å². The molecule has 1 atom stereocenters. The van der Waals surface area contributed by atoms with Crippen LogP contribution in [0.4, 0.5) is 0 Å². The van der Waals surface area contributed by atoms with Crippen LogP contribution >= 0.6 is 27.7 Å². The molecule has 1 aliphatic rings. The predicted octanol–water partition coefficient (Wildman–Crippen LogP) is 2.23. The molecule has 9 heteroatoms. The molecule has 0 spiro atoms. The van der Waals surface area contributed by atoms with Crippen LogP contribution in [0.15, 0.2) is 33.8 Å². The molecule has 2 amide bonds. The summed E-state index contributed by atoms with van der Waals surface area (Å²) in [5.74, 6) is -0.918. The molecular formula is C18H23BrN4O3S. The highest BCUT2D eigenvalue weighted by Crippen LogP contribution is 2.15. The van der Waals surface area contributed by atoms with Crippen LogP contribution in [0, 0.1) is 5.92 Å². The van der Waals surface area contributed by atoms with Crippen molar-refractivity contribution in [1.82, 2.24) is 15.6 Å². The average molecular weight is 455 g/mol. The molecule has 0 bridgehead atoms. The van der Waals surface area contributed by atoms with Crippen molar-refractivity contribution in [2.75, 3.05) is 19.3 Å². The Kier molecular flexibility index (Phi) is 7.85. The van der Waals surface area contributed by atoms with Gasteiger partial charge in [-0.05, 0) is 36.6 Å². The van der Waals surface area contributed by atoms with E-state index in [9.17, 15) is 14.4 Å². The monoisotopic (exact) mass is 454 g/mol. The van der Waals surface area contributed by atoms with E-state index in [-0.39, 0.29) is 5.92 Å². The van der Waals surface area contributed by atoms with Crippen LogP contribution in [0.2, 0.25) is 0 Å². The van der Waals surface area contributed by atoms with Gasteiger partial charge in [0.1, 0.15) is 0 Å². The third-order valence-corrected chi connectivity index (χ3v) is 5.47. The Morgan fingerprint density at radius 1 is 1.26 bits per heavy atom. The molecular weight excluding hydrogens is 432 g/mol. The van der Waals surface area contributed by atoms with Crippen molar-refractivity contribution in [2.45, 2.75) is 26.3 Å². The summed E-state index contributed by atoms with van der Waals surface area (Å²) < 4.78 is 0.849. The number of benzene rings is 1. The number of hydrogen-bond acceptors (Lipinski definition) is 5. The van der Waals surface area contributed by atoms with Crippen molar-refractivity contribution in [1.29, 1.82) is 0 Å². The van der Waals surface area contributed by atoms with Gasteiger partial charge in [-0.15, -0.1) is 5.10 Å². The first kappa shape index (κ1) is 21.4. The second-order valence-corrected chi connectivity index (χ2v) is 8.61. The Bertz CT molecular complexity index is 737. The van der Waals surface area contributed by atoms with Crippen molar-refractivity contribution in [2.24, 2.45) is 11.0 Å². The Hall–Kier alpha value is -1.87. The molecule has 1 aliphatic heterocycles. The minimum atomic E-state index is -0.907. The molecule has 0 aliphatic carbocycles. The van der Waals surface area contributed by atoms with Gasteiger partial charge in [0.15, 0.2) is 5.17 Å². The first-order valence-electron chi connectivity index (χ1n) is 8.60. The van der Waals surface area contributed by atoms with Gasteiger partial charge >= 0.3 is 5.91 Å². The van der Waals surface area contributed by atoms with Crippen LogP contribution in [-0.2, 0) is 9.59 Å². The van der Waals surface area contributed by atoms with Gasteiger partial charge in [-0.25, -0.2) is 5.43 Å². The number of halogens is 1. The predicted molar refractivity (Wildman–Crippen MR) is 111 cm³/mol. The fraction of sp³-hybridized carbons (Fsp3) is 0.444. The van der Waals surface area contributed by atoms with Gasteiger partial charge in [0.25, 0.3) is 5.91 Å². The topological polar surface area (TPSA) is 90.9 Å². The number of amides is 2. The minimum absolute atomic E-state index is 0.125. The number of thioether (sulfide) groups is 1. The molecule has 1 fully saturated rings. The number of Topliss-reactive ketones (excluding diaryl/α,β-unsaturated/α-hetero) is 1. The Morgan fingerprint density at radius 3 is 2.48 bits per heavy atom. The lowest BCUT2D eigenvalue weighted by Gasteiger charge is -2.19. The third kappa shape index (κ3) is 6.35. The Labute approximate surface area is 171 Å². The SMILES string of the molecule is CC(C)C[C@H](NC(=O)c1ccc(Br)cc1)C(=O)C(=O)N/N=C1\SCCN1C. The molecule has 2 rings (SSSR count). The number of ketones is 1. The number of hydrazone groups is 1. The molecule has 0 radical (unpaired) electrons. The maximum absolute atomic E-state index is 12.6. The van der Waals surface area contributed by atoms with E-state index in [1.165, 1.54) is 11.8 Å². The first-order valence-corrected chi connectivity index (χ1v) is 10.4. The van der Waals surface area contributed by atoms with Crippen LogP contribution in [0.1, 0.15) is 30.6 Å². The van der Waals surface area contributed by atoms with Gasteiger partial charge in [-0.3, -0.25) is 14.4 Å². The smallest absolute Gasteiger partial charge is 0.309 e. The number of hydrogen-bond donors (Lipinski definition) is 2. The molecule has 0 saturated carbocycles. The Balaban J connectivity index is 2.05. The number of amidine groups is 1. The molecule has 146 valence electrons. The van der Waals surface area contributed by atoms with E-state index in [4.69, 9.17) is 0 Å². The number of rotatable bonds is 7. The van der Waals surface area contributed by atoms with Crippen LogP contribution in [-0.4, -0.2) is 53.1 Å². The molecule has 2 N–H and O–H groups in total. The second-order valence-electron chi connectivity index (χ2n) is 6.63. The summed E-state index contributed by atoms with van der Waals surface area (Å²) in [7, 11) is 1.87. The quantitative estimate of drug-likeness (QED) is 0.486. The first-order chi connectivity index (χ1) is 12.8. The fourth-order valence-electron chi connectivity index (χ4n) is 2.46. The molecule has 1 saturated heterocycles.